The summed E-state index contributed by atoms with van der Waals surface area (Å²) < 4.78 is 5.39. The molecule has 1 aromatic carbocycles. The number of carbonyl (C=O) groups excluding carboxylic acids is 1. The molecule has 3 nitrogen and oxygen atoms in total. The van der Waals surface area contributed by atoms with Crippen LogP contribution in [0.3, 0.4) is 0 Å². The molecule has 1 fully saturated rings. The van der Waals surface area contributed by atoms with Crippen molar-refractivity contribution in [2.24, 2.45) is 0 Å². The van der Waals surface area contributed by atoms with Crippen molar-refractivity contribution in [2.75, 3.05) is 6.61 Å². The second-order valence-corrected chi connectivity index (χ2v) is 4.51. The van der Waals surface area contributed by atoms with Crippen molar-refractivity contribution in [3.05, 3.63) is 29.8 Å². The van der Waals surface area contributed by atoms with E-state index in [9.17, 15) is 4.79 Å². The molecule has 0 saturated carbocycles. The summed E-state index contributed by atoms with van der Waals surface area (Å²) in [5, 5.41) is 2.98. The zero-order valence-corrected chi connectivity index (χ0v) is 10.0. The quantitative estimate of drug-likeness (QED) is 0.771. The average Bonchev–Trinajstić information content (AvgIpc) is 2.65. The molecule has 0 aromatic heterocycles. The third-order valence-electron chi connectivity index (χ3n) is 2.82. The molecule has 1 aliphatic rings. The molecule has 2 atom stereocenters. The van der Waals surface area contributed by atoms with Crippen molar-refractivity contribution < 1.29 is 9.53 Å². The van der Waals surface area contributed by atoms with E-state index in [1.165, 1.54) is 0 Å². The van der Waals surface area contributed by atoms with Gasteiger partial charge in [0.1, 0.15) is 0 Å². The minimum Gasteiger partial charge on any atom is -0.376 e. The number of amides is 1. The van der Waals surface area contributed by atoms with Gasteiger partial charge < -0.3 is 10.1 Å². The van der Waals surface area contributed by atoms with Crippen LogP contribution in [-0.2, 0) is 4.74 Å². The first-order chi connectivity index (χ1) is 7.66. The zero-order valence-electron chi connectivity index (χ0n) is 9.14. The number of nitrogens with one attached hydrogen (secondary N) is 1. The number of carbonyl (C=O) groups is 1. The first-order valence-corrected chi connectivity index (χ1v) is 5.83. The molecule has 2 rings (SSSR count). The maximum atomic E-state index is 11.9. The molecule has 4 heteroatoms. The van der Waals surface area contributed by atoms with Gasteiger partial charge in [0, 0.05) is 17.1 Å². The molecule has 0 spiro atoms. The molecule has 86 valence electrons. The Morgan fingerprint density at radius 1 is 1.44 bits per heavy atom. The van der Waals surface area contributed by atoms with Crippen LogP contribution in [0.25, 0.3) is 0 Å². The molecule has 1 N–H and O–H groups in total. The van der Waals surface area contributed by atoms with Crippen LogP contribution >= 0.6 is 12.6 Å². The summed E-state index contributed by atoms with van der Waals surface area (Å²) in [6, 6.07) is 7.30. The average molecular weight is 237 g/mol. The minimum atomic E-state index is -0.0457. The molecule has 0 aliphatic carbocycles. The summed E-state index contributed by atoms with van der Waals surface area (Å²) >= 11 is 4.18. The lowest BCUT2D eigenvalue weighted by Gasteiger charge is -2.15. The summed E-state index contributed by atoms with van der Waals surface area (Å²) in [5.74, 6) is -0.0457. The number of hydrogen-bond acceptors (Lipinski definition) is 3. The van der Waals surface area contributed by atoms with Crippen molar-refractivity contribution in [1.82, 2.24) is 5.32 Å². The molecule has 1 aliphatic heterocycles. The lowest BCUT2D eigenvalue weighted by atomic mass is 10.1. The maximum Gasteiger partial charge on any atom is 0.251 e. The predicted octanol–water partition coefficient (Wildman–Crippen LogP) is 1.88. The third-order valence-corrected chi connectivity index (χ3v) is 3.12. The first-order valence-electron chi connectivity index (χ1n) is 5.38. The topological polar surface area (TPSA) is 38.3 Å². The van der Waals surface area contributed by atoms with Gasteiger partial charge in [-0.3, -0.25) is 4.79 Å². The fourth-order valence-corrected chi connectivity index (χ4v) is 1.93. The van der Waals surface area contributed by atoms with E-state index in [4.69, 9.17) is 4.74 Å². The van der Waals surface area contributed by atoms with Crippen molar-refractivity contribution >= 4 is 18.5 Å². The lowest BCUT2D eigenvalue weighted by Crippen LogP contribution is -2.39. The second-order valence-electron chi connectivity index (χ2n) is 3.99. The molecular weight excluding hydrogens is 222 g/mol. The third kappa shape index (κ3) is 2.57. The minimum absolute atomic E-state index is 0.0457. The van der Waals surface area contributed by atoms with Crippen LogP contribution < -0.4 is 5.32 Å². The SMILES string of the molecule is CC1OCCC1NC(=O)c1ccc(S)cc1. The van der Waals surface area contributed by atoms with Gasteiger partial charge in [-0.1, -0.05) is 0 Å². The summed E-state index contributed by atoms with van der Waals surface area (Å²) in [7, 11) is 0. The van der Waals surface area contributed by atoms with E-state index in [0.29, 0.717) is 5.56 Å². The van der Waals surface area contributed by atoms with E-state index >= 15 is 0 Å². The molecule has 1 heterocycles. The molecule has 1 saturated heterocycles. The van der Waals surface area contributed by atoms with Crippen LogP contribution in [0.1, 0.15) is 23.7 Å². The molecule has 2 unspecified atom stereocenters. The maximum absolute atomic E-state index is 11.9. The van der Waals surface area contributed by atoms with E-state index in [1.54, 1.807) is 12.1 Å². The molecule has 1 aromatic rings. The highest BCUT2D eigenvalue weighted by Gasteiger charge is 2.25. The Bertz CT molecular complexity index is 377. The second kappa shape index (κ2) is 4.89. The standard InChI is InChI=1S/C12H15NO2S/c1-8-11(6-7-15-8)13-12(14)9-2-4-10(16)5-3-9/h2-5,8,11,16H,6-7H2,1H3,(H,13,14). The monoisotopic (exact) mass is 237 g/mol. The van der Waals surface area contributed by atoms with Crippen molar-refractivity contribution in [3.63, 3.8) is 0 Å². The fourth-order valence-electron chi connectivity index (χ4n) is 1.79. The number of ether oxygens (including phenoxy) is 1. The van der Waals surface area contributed by atoms with Gasteiger partial charge in [0.15, 0.2) is 0 Å². The van der Waals surface area contributed by atoms with Gasteiger partial charge in [-0.2, -0.15) is 0 Å². The molecule has 0 radical (unpaired) electrons. The molecule has 1 amide bonds. The first kappa shape index (κ1) is 11.5. The van der Waals surface area contributed by atoms with E-state index in [0.717, 1.165) is 17.9 Å². The van der Waals surface area contributed by atoms with Gasteiger partial charge in [-0.05, 0) is 37.6 Å². The van der Waals surface area contributed by atoms with Crippen LogP contribution in [0.2, 0.25) is 0 Å². The smallest absolute Gasteiger partial charge is 0.251 e. The summed E-state index contributed by atoms with van der Waals surface area (Å²) in [6.07, 6.45) is 0.991. The number of hydrogen-bond donors (Lipinski definition) is 2. The zero-order chi connectivity index (χ0) is 11.5. The molecule has 16 heavy (non-hydrogen) atoms. The highest BCUT2D eigenvalue weighted by Crippen LogP contribution is 2.14. The Balaban J connectivity index is 2.00. The van der Waals surface area contributed by atoms with Crippen LogP contribution in [0.5, 0.6) is 0 Å². The Labute approximate surface area is 101 Å². The van der Waals surface area contributed by atoms with Crippen molar-refractivity contribution in [1.29, 1.82) is 0 Å². The summed E-state index contributed by atoms with van der Waals surface area (Å²) in [5.41, 5.74) is 0.664. The Kier molecular flexibility index (Phi) is 3.51. The number of benzene rings is 1. The normalized spacial score (nSPS) is 24.4. The van der Waals surface area contributed by atoms with Crippen LogP contribution in [0.15, 0.2) is 29.2 Å². The van der Waals surface area contributed by atoms with Gasteiger partial charge in [-0.25, -0.2) is 0 Å². The number of rotatable bonds is 2. The Morgan fingerprint density at radius 2 is 2.12 bits per heavy atom. The van der Waals surface area contributed by atoms with E-state index < -0.39 is 0 Å². The van der Waals surface area contributed by atoms with E-state index in [2.05, 4.69) is 17.9 Å². The molecular formula is C12H15NO2S. The van der Waals surface area contributed by atoms with Gasteiger partial charge in [0.25, 0.3) is 5.91 Å². The van der Waals surface area contributed by atoms with E-state index in [-0.39, 0.29) is 18.1 Å². The summed E-state index contributed by atoms with van der Waals surface area (Å²) in [6.45, 7) is 2.70. The van der Waals surface area contributed by atoms with Gasteiger partial charge in [-0.15, -0.1) is 12.6 Å². The van der Waals surface area contributed by atoms with Gasteiger partial charge in [0.2, 0.25) is 0 Å². The highest BCUT2D eigenvalue weighted by molar-refractivity contribution is 7.80. The van der Waals surface area contributed by atoms with Crippen molar-refractivity contribution in [2.45, 2.75) is 30.4 Å². The lowest BCUT2D eigenvalue weighted by molar-refractivity contribution is 0.0866. The predicted molar refractivity (Wildman–Crippen MR) is 65.0 cm³/mol. The Hall–Kier alpha value is -1.00. The largest absolute Gasteiger partial charge is 0.376 e. The van der Waals surface area contributed by atoms with Gasteiger partial charge >= 0.3 is 0 Å². The van der Waals surface area contributed by atoms with Crippen LogP contribution in [0, 0.1) is 0 Å². The summed E-state index contributed by atoms with van der Waals surface area (Å²) in [4.78, 5) is 12.7. The van der Waals surface area contributed by atoms with Crippen molar-refractivity contribution in [3.8, 4) is 0 Å². The molecule has 0 bridgehead atoms. The van der Waals surface area contributed by atoms with E-state index in [1.807, 2.05) is 19.1 Å². The Morgan fingerprint density at radius 3 is 2.69 bits per heavy atom. The number of thiol groups is 1. The van der Waals surface area contributed by atoms with Crippen LogP contribution in [-0.4, -0.2) is 24.7 Å². The van der Waals surface area contributed by atoms with Gasteiger partial charge in [0.05, 0.1) is 12.1 Å². The highest BCUT2D eigenvalue weighted by atomic mass is 32.1. The fraction of sp³-hybridized carbons (Fsp3) is 0.417. The van der Waals surface area contributed by atoms with Crippen LogP contribution in [0.4, 0.5) is 0 Å².